The third kappa shape index (κ3) is 3.75. The maximum atomic E-state index is 13.2. The van der Waals surface area contributed by atoms with Gasteiger partial charge in [-0.3, -0.25) is 0 Å². The molecule has 0 aliphatic heterocycles. The summed E-state index contributed by atoms with van der Waals surface area (Å²) in [6, 6.07) is 4.61. The van der Waals surface area contributed by atoms with E-state index in [1.54, 1.807) is 12.1 Å². The number of hydrogen-bond donors (Lipinski definition) is 0. The van der Waals surface area contributed by atoms with Crippen molar-refractivity contribution in [2.45, 2.75) is 6.42 Å². The Kier molecular flexibility index (Phi) is 3.66. The lowest BCUT2D eigenvalue weighted by Crippen LogP contribution is -2.06. The van der Waals surface area contributed by atoms with Crippen molar-refractivity contribution in [3.05, 3.63) is 34.1 Å². The van der Waals surface area contributed by atoms with Gasteiger partial charge in [-0.2, -0.15) is 0 Å². The van der Waals surface area contributed by atoms with Crippen LogP contribution in [0.2, 0.25) is 0 Å². The van der Waals surface area contributed by atoms with Gasteiger partial charge < -0.3 is 0 Å². The molecule has 0 aromatic heterocycles. The Labute approximate surface area is 91.2 Å². The van der Waals surface area contributed by atoms with Gasteiger partial charge in [-0.15, -0.1) is 0 Å². The average Bonchev–Trinajstić information content (AvgIpc) is 2.00. The van der Waals surface area contributed by atoms with Gasteiger partial charge in [-0.1, -0.05) is 22.0 Å². The van der Waals surface area contributed by atoms with E-state index in [1.165, 1.54) is 6.07 Å². The van der Waals surface area contributed by atoms with Crippen LogP contribution in [0.25, 0.3) is 0 Å². The molecule has 0 saturated carbocycles. The third-order valence-corrected chi connectivity index (χ3v) is 3.20. The van der Waals surface area contributed by atoms with E-state index in [1.807, 2.05) is 0 Å². The molecule has 0 heterocycles. The van der Waals surface area contributed by atoms with Crippen LogP contribution in [0.3, 0.4) is 0 Å². The van der Waals surface area contributed by atoms with Crippen LogP contribution in [-0.4, -0.2) is 20.4 Å². The molecule has 0 aliphatic rings. The highest BCUT2D eigenvalue weighted by molar-refractivity contribution is 9.10. The molecule has 1 aromatic carbocycles. The summed E-state index contributed by atoms with van der Waals surface area (Å²) in [4.78, 5) is 0. The first-order valence-electron chi connectivity index (χ1n) is 4.00. The first kappa shape index (κ1) is 11.7. The fraction of sp³-hybridized carbons (Fsp3) is 0.333. The summed E-state index contributed by atoms with van der Waals surface area (Å²) in [5.41, 5.74) is 0.429. The molecule has 0 unspecified atom stereocenters. The molecule has 0 atom stereocenters. The van der Waals surface area contributed by atoms with Gasteiger partial charge >= 0.3 is 0 Å². The Morgan fingerprint density at radius 2 is 2.07 bits per heavy atom. The van der Waals surface area contributed by atoms with Crippen molar-refractivity contribution in [3.63, 3.8) is 0 Å². The zero-order valence-corrected chi connectivity index (χ0v) is 10.0. The molecule has 0 amide bonds. The predicted octanol–water partition coefficient (Wildman–Crippen LogP) is 2.18. The topological polar surface area (TPSA) is 34.1 Å². The number of aryl methyl sites for hydroxylation is 1. The minimum Gasteiger partial charge on any atom is -0.229 e. The van der Waals surface area contributed by atoms with Crippen LogP contribution >= 0.6 is 15.9 Å². The summed E-state index contributed by atoms with van der Waals surface area (Å²) < 4.78 is 35.6. The Morgan fingerprint density at radius 3 is 2.57 bits per heavy atom. The molecule has 0 bridgehead atoms. The number of hydrogen-bond acceptors (Lipinski definition) is 2. The van der Waals surface area contributed by atoms with Crippen molar-refractivity contribution < 1.29 is 12.8 Å². The van der Waals surface area contributed by atoms with E-state index < -0.39 is 9.84 Å². The summed E-state index contributed by atoms with van der Waals surface area (Å²) >= 11 is 3.13. The van der Waals surface area contributed by atoms with Gasteiger partial charge in [-0.25, -0.2) is 12.8 Å². The predicted molar refractivity (Wildman–Crippen MR) is 57.5 cm³/mol. The molecule has 2 nitrogen and oxygen atoms in total. The quantitative estimate of drug-likeness (QED) is 0.851. The van der Waals surface area contributed by atoms with E-state index in [-0.39, 0.29) is 18.0 Å². The monoisotopic (exact) mass is 280 g/mol. The molecule has 1 rings (SSSR count). The van der Waals surface area contributed by atoms with Crippen LogP contribution in [0, 0.1) is 5.82 Å². The van der Waals surface area contributed by atoms with E-state index in [0.29, 0.717) is 10.0 Å². The molecule has 1 aromatic rings. The Bertz CT molecular complexity index is 428. The smallest absolute Gasteiger partial charge is 0.147 e. The summed E-state index contributed by atoms with van der Waals surface area (Å²) in [6.45, 7) is 0. The maximum absolute atomic E-state index is 13.2. The van der Waals surface area contributed by atoms with Crippen LogP contribution < -0.4 is 0 Å². The number of sulfone groups is 1. The highest BCUT2D eigenvalue weighted by Gasteiger charge is 2.07. The van der Waals surface area contributed by atoms with E-state index in [2.05, 4.69) is 15.9 Å². The normalized spacial score (nSPS) is 11.6. The van der Waals surface area contributed by atoms with Crippen LogP contribution in [-0.2, 0) is 16.3 Å². The highest BCUT2D eigenvalue weighted by atomic mass is 79.9. The van der Waals surface area contributed by atoms with E-state index >= 15 is 0 Å². The summed E-state index contributed by atoms with van der Waals surface area (Å²) in [7, 11) is -3.03. The molecule has 0 spiro atoms. The summed E-state index contributed by atoms with van der Waals surface area (Å²) in [6.07, 6.45) is 1.36. The summed E-state index contributed by atoms with van der Waals surface area (Å²) in [5.74, 6) is -0.394. The lowest BCUT2D eigenvalue weighted by Gasteiger charge is -2.02. The van der Waals surface area contributed by atoms with Gasteiger partial charge in [0.25, 0.3) is 0 Å². The van der Waals surface area contributed by atoms with Crippen molar-refractivity contribution in [3.8, 4) is 0 Å². The van der Waals surface area contributed by atoms with Crippen molar-refractivity contribution >= 4 is 25.8 Å². The van der Waals surface area contributed by atoms with Gasteiger partial charge in [0.15, 0.2) is 0 Å². The molecule has 0 saturated heterocycles. The molecule has 5 heteroatoms. The zero-order chi connectivity index (χ0) is 10.8. The van der Waals surface area contributed by atoms with Gasteiger partial charge in [0, 0.05) is 10.7 Å². The minimum absolute atomic E-state index is 0.0223. The molecule has 78 valence electrons. The standard InChI is InChI=1S/C9H10BrFO2S/c1-14(12,13)5-4-7-2-3-8(10)6-9(7)11/h2-3,6H,4-5H2,1H3. The summed E-state index contributed by atoms with van der Waals surface area (Å²) in [5, 5.41) is 0. The van der Waals surface area contributed by atoms with Crippen LogP contribution in [0.1, 0.15) is 5.56 Å². The minimum atomic E-state index is -3.03. The SMILES string of the molecule is CS(=O)(=O)CCc1ccc(Br)cc1F. The zero-order valence-electron chi connectivity index (χ0n) is 7.63. The van der Waals surface area contributed by atoms with Crippen LogP contribution in [0.5, 0.6) is 0 Å². The lowest BCUT2D eigenvalue weighted by atomic mass is 10.2. The van der Waals surface area contributed by atoms with Gasteiger partial charge in [0.05, 0.1) is 5.75 Å². The van der Waals surface area contributed by atoms with Crippen molar-refractivity contribution in [1.29, 1.82) is 0 Å². The van der Waals surface area contributed by atoms with Crippen LogP contribution in [0.15, 0.2) is 22.7 Å². The Balaban J connectivity index is 2.78. The van der Waals surface area contributed by atoms with Crippen molar-refractivity contribution in [1.82, 2.24) is 0 Å². The molecule has 0 aliphatic carbocycles. The molecule has 0 N–H and O–H groups in total. The number of rotatable bonds is 3. The number of halogens is 2. The second-order valence-electron chi connectivity index (χ2n) is 3.12. The van der Waals surface area contributed by atoms with Gasteiger partial charge in [0.1, 0.15) is 15.7 Å². The molecule has 0 fully saturated rings. The molecular weight excluding hydrogens is 271 g/mol. The second-order valence-corrected chi connectivity index (χ2v) is 6.29. The Morgan fingerprint density at radius 1 is 1.43 bits per heavy atom. The fourth-order valence-electron chi connectivity index (χ4n) is 1.02. The highest BCUT2D eigenvalue weighted by Crippen LogP contribution is 2.15. The van der Waals surface area contributed by atoms with Crippen LogP contribution in [0.4, 0.5) is 4.39 Å². The first-order valence-corrected chi connectivity index (χ1v) is 6.85. The van der Waals surface area contributed by atoms with Gasteiger partial charge in [0.2, 0.25) is 0 Å². The third-order valence-electron chi connectivity index (χ3n) is 1.76. The molecule has 14 heavy (non-hydrogen) atoms. The largest absolute Gasteiger partial charge is 0.229 e. The Hall–Kier alpha value is -0.420. The van der Waals surface area contributed by atoms with E-state index in [4.69, 9.17) is 0 Å². The lowest BCUT2D eigenvalue weighted by molar-refractivity contribution is 0.596. The second kappa shape index (κ2) is 4.40. The van der Waals surface area contributed by atoms with E-state index in [9.17, 15) is 12.8 Å². The molecule has 0 radical (unpaired) electrons. The number of benzene rings is 1. The van der Waals surface area contributed by atoms with Crippen molar-refractivity contribution in [2.75, 3.05) is 12.0 Å². The van der Waals surface area contributed by atoms with E-state index in [0.717, 1.165) is 6.26 Å². The van der Waals surface area contributed by atoms with Gasteiger partial charge in [-0.05, 0) is 24.1 Å². The fourth-order valence-corrected chi connectivity index (χ4v) is 1.94. The average molecular weight is 281 g/mol. The first-order chi connectivity index (χ1) is 6.38. The van der Waals surface area contributed by atoms with Crippen molar-refractivity contribution in [2.24, 2.45) is 0 Å². The maximum Gasteiger partial charge on any atom is 0.147 e. The molecular formula is C9H10BrFO2S.